The highest BCUT2D eigenvalue weighted by molar-refractivity contribution is 7.80. The molecule has 0 aliphatic rings. The SMILES string of the molecule is CCN(Cc1ccccc1)c1cnccc1C(N)=S. The van der Waals surface area contributed by atoms with Crippen LogP contribution in [-0.4, -0.2) is 16.5 Å². The number of hydrogen-bond donors (Lipinski definition) is 1. The molecule has 0 aliphatic heterocycles. The van der Waals surface area contributed by atoms with E-state index in [9.17, 15) is 0 Å². The summed E-state index contributed by atoms with van der Waals surface area (Å²) in [6.07, 6.45) is 3.54. The normalized spacial score (nSPS) is 10.2. The molecule has 98 valence electrons. The van der Waals surface area contributed by atoms with Gasteiger partial charge in [-0.3, -0.25) is 4.98 Å². The molecule has 2 N–H and O–H groups in total. The van der Waals surface area contributed by atoms with E-state index >= 15 is 0 Å². The maximum atomic E-state index is 5.78. The summed E-state index contributed by atoms with van der Waals surface area (Å²) in [4.78, 5) is 6.81. The average Bonchev–Trinajstić information content (AvgIpc) is 2.46. The lowest BCUT2D eigenvalue weighted by Gasteiger charge is -2.25. The number of hydrogen-bond acceptors (Lipinski definition) is 3. The Balaban J connectivity index is 2.30. The molecule has 4 heteroatoms. The zero-order chi connectivity index (χ0) is 13.7. The van der Waals surface area contributed by atoms with Crippen LogP contribution in [0.5, 0.6) is 0 Å². The van der Waals surface area contributed by atoms with E-state index < -0.39 is 0 Å². The maximum absolute atomic E-state index is 5.78. The second-order valence-corrected chi connectivity index (χ2v) is 4.70. The highest BCUT2D eigenvalue weighted by Gasteiger charge is 2.12. The van der Waals surface area contributed by atoms with Crippen molar-refractivity contribution in [3.8, 4) is 0 Å². The summed E-state index contributed by atoms with van der Waals surface area (Å²) in [5.74, 6) is 0. The average molecular weight is 271 g/mol. The molecule has 2 rings (SSSR count). The van der Waals surface area contributed by atoms with E-state index in [-0.39, 0.29) is 0 Å². The van der Waals surface area contributed by atoms with Gasteiger partial charge >= 0.3 is 0 Å². The molecule has 0 bridgehead atoms. The van der Waals surface area contributed by atoms with E-state index in [0.717, 1.165) is 24.3 Å². The summed E-state index contributed by atoms with van der Waals surface area (Å²) in [6, 6.07) is 12.2. The van der Waals surface area contributed by atoms with Crippen LogP contribution in [0.15, 0.2) is 48.8 Å². The van der Waals surface area contributed by atoms with Gasteiger partial charge in [0, 0.05) is 24.8 Å². The first-order valence-electron chi connectivity index (χ1n) is 6.25. The molecule has 0 aliphatic carbocycles. The lowest BCUT2D eigenvalue weighted by atomic mass is 10.1. The first kappa shape index (κ1) is 13.5. The second-order valence-electron chi connectivity index (χ2n) is 4.26. The van der Waals surface area contributed by atoms with Crippen LogP contribution >= 0.6 is 12.2 Å². The molecule has 0 spiro atoms. The van der Waals surface area contributed by atoms with Gasteiger partial charge in [0.2, 0.25) is 0 Å². The van der Waals surface area contributed by atoms with Crippen LogP contribution in [0.3, 0.4) is 0 Å². The van der Waals surface area contributed by atoms with Crippen LogP contribution in [0.1, 0.15) is 18.1 Å². The minimum Gasteiger partial charge on any atom is -0.389 e. The third-order valence-electron chi connectivity index (χ3n) is 3.00. The number of pyridine rings is 1. The Kier molecular flexibility index (Phi) is 4.47. The van der Waals surface area contributed by atoms with Crippen molar-refractivity contribution in [2.75, 3.05) is 11.4 Å². The third kappa shape index (κ3) is 3.29. The smallest absolute Gasteiger partial charge is 0.106 e. The number of thiocarbonyl (C=S) groups is 1. The molecular formula is C15H17N3S. The predicted octanol–water partition coefficient (Wildman–Crippen LogP) is 2.74. The standard InChI is InChI=1S/C15H17N3S/c1-2-18(11-12-6-4-3-5-7-12)14-10-17-9-8-13(14)15(16)19/h3-10H,2,11H2,1H3,(H2,16,19). The van der Waals surface area contributed by atoms with Gasteiger partial charge in [-0.2, -0.15) is 0 Å². The summed E-state index contributed by atoms with van der Waals surface area (Å²) in [5.41, 5.74) is 8.89. The van der Waals surface area contributed by atoms with Gasteiger partial charge in [-0.15, -0.1) is 0 Å². The van der Waals surface area contributed by atoms with Gasteiger partial charge in [0.05, 0.1) is 11.9 Å². The van der Waals surface area contributed by atoms with Gasteiger partial charge in [-0.1, -0.05) is 42.5 Å². The molecule has 0 unspecified atom stereocenters. The van der Waals surface area contributed by atoms with Crippen molar-refractivity contribution in [2.45, 2.75) is 13.5 Å². The fourth-order valence-corrected chi connectivity index (χ4v) is 2.19. The molecule has 0 atom stereocenters. The number of aromatic nitrogens is 1. The van der Waals surface area contributed by atoms with E-state index in [1.165, 1.54) is 5.56 Å². The number of anilines is 1. The highest BCUT2D eigenvalue weighted by Crippen LogP contribution is 2.21. The van der Waals surface area contributed by atoms with E-state index in [1.54, 1.807) is 6.20 Å². The summed E-state index contributed by atoms with van der Waals surface area (Å²) in [6.45, 7) is 3.80. The quantitative estimate of drug-likeness (QED) is 0.849. The molecule has 1 aromatic heterocycles. The maximum Gasteiger partial charge on any atom is 0.106 e. The lowest BCUT2D eigenvalue weighted by Crippen LogP contribution is -2.25. The van der Waals surface area contributed by atoms with Crippen LogP contribution in [0.25, 0.3) is 0 Å². The van der Waals surface area contributed by atoms with Crippen molar-refractivity contribution in [1.29, 1.82) is 0 Å². The van der Waals surface area contributed by atoms with E-state index in [4.69, 9.17) is 18.0 Å². The van der Waals surface area contributed by atoms with E-state index in [1.807, 2.05) is 30.5 Å². The fourth-order valence-electron chi connectivity index (χ4n) is 2.02. The Bertz CT molecular complexity index is 554. The number of nitrogens with zero attached hydrogens (tertiary/aromatic N) is 2. The summed E-state index contributed by atoms with van der Waals surface area (Å²) >= 11 is 5.10. The first-order chi connectivity index (χ1) is 9.22. The van der Waals surface area contributed by atoms with Gasteiger partial charge in [-0.25, -0.2) is 0 Å². The molecule has 0 radical (unpaired) electrons. The summed E-state index contributed by atoms with van der Waals surface area (Å²) in [7, 11) is 0. The molecule has 2 aromatic rings. The monoisotopic (exact) mass is 271 g/mol. The Morgan fingerprint density at radius 2 is 2.00 bits per heavy atom. The molecule has 0 saturated carbocycles. The van der Waals surface area contributed by atoms with E-state index in [0.29, 0.717) is 4.99 Å². The molecule has 1 aromatic carbocycles. The van der Waals surface area contributed by atoms with E-state index in [2.05, 4.69) is 28.9 Å². The molecule has 19 heavy (non-hydrogen) atoms. The first-order valence-corrected chi connectivity index (χ1v) is 6.66. The number of benzene rings is 1. The second kappa shape index (κ2) is 6.29. The van der Waals surface area contributed by atoms with Crippen molar-refractivity contribution in [2.24, 2.45) is 5.73 Å². The van der Waals surface area contributed by atoms with Crippen LogP contribution in [0, 0.1) is 0 Å². The van der Waals surface area contributed by atoms with Crippen molar-refractivity contribution in [1.82, 2.24) is 4.98 Å². The Morgan fingerprint density at radius 1 is 1.26 bits per heavy atom. The Hall–Kier alpha value is -1.94. The van der Waals surface area contributed by atoms with Crippen molar-refractivity contribution in [3.63, 3.8) is 0 Å². The van der Waals surface area contributed by atoms with Crippen LogP contribution < -0.4 is 10.6 Å². The fraction of sp³-hybridized carbons (Fsp3) is 0.200. The predicted molar refractivity (Wildman–Crippen MR) is 83.3 cm³/mol. The van der Waals surface area contributed by atoms with Gasteiger partial charge in [-0.05, 0) is 18.6 Å². The number of rotatable bonds is 5. The highest BCUT2D eigenvalue weighted by atomic mass is 32.1. The molecular weight excluding hydrogens is 254 g/mol. The number of nitrogens with two attached hydrogens (primary N) is 1. The Labute approximate surface area is 119 Å². The summed E-state index contributed by atoms with van der Waals surface area (Å²) in [5, 5.41) is 0. The minimum atomic E-state index is 0.406. The third-order valence-corrected chi connectivity index (χ3v) is 3.22. The van der Waals surface area contributed by atoms with Gasteiger partial charge < -0.3 is 10.6 Å². The molecule has 1 heterocycles. The minimum absolute atomic E-state index is 0.406. The zero-order valence-corrected chi connectivity index (χ0v) is 11.7. The van der Waals surface area contributed by atoms with Gasteiger partial charge in [0.1, 0.15) is 4.99 Å². The largest absolute Gasteiger partial charge is 0.389 e. The topological polar surface area (TPSA) is 42.2 Å². The van der Waals surface area contributed by atoms with Crippen LogP contribution in [0.4, 0.5) is 5.69 Å². The molecule has 0 saturated heterocycles. The van der Waals surface area contributed by atoms with Gasteiger partial charge in [0.15, 0.2) is 0 Å². The zero-order valence-electron chi connectivity index (χ0n) is 10.9. The molecule has 0 fully saturated rings. The van der Waals surface area contributed by atoms with Crippen molar-refractivity contribution in [3.05, 3.63) is 59.9 Å². The summed E-state index contributed by atoms with van der Waals surface area (Å²) < 4.78 is 0. The Morgan fingerprint density at radius 3 is 2.63 bits per heavy atom. The van der Waals surface area contributed by atoms with Crippen LogP contribution in [0.2, 0.25) is 0 Å². The van der Waals surface area contributed by atoms with Crippen LogP contribution in [-0.2, 0) is 6.54 Å². The van der Waals surface area contributed by atoms with Crippen molar-refractivity contribution >= 4 is 22.9 Å². The van der Waals surface area contributed by atoms with Crippen molar-refractivity contribution < 1.29 is 0 Å². The molecule has 3 nitrogen and oxygen atoms in total. The lowest BCUT2D eigenvalue weighted by molar-refractivity contribution is 0.828. The van der Waals surface area contributed by atoms with Gasteiger partial charge in [0.25, 0.3) is 0 Å². The molecule has 0 amide bonds.